The predicted octanol–water partition coefficient (Wildman–Crippen LogP) is 5.67. The minimum atomic E-state index is 0.178. The fourth-order valence-corrected chi connectivity index (χ4v) is 5.94. The molecule has 4 nitrogen and oxygen atoms in total. The number of hydrogen-bond acceptors (Lipinski definition) is 4. The molecule has 2 aliphatic rings. The molecule has 0 bridgehead atoms. The van der Waals surface area contributed by atoms with Crippen LogP contribution >= 0.6 is 0 Å². The van der Waals surface area contributed by atoms with Crippen molar-refractivity contribution in [2.45, 2.75) is 89.3 Å². The molecule has 1 aromatic carbocycles. The van der Waals surface area contributed by atoms with Gasteiger partial charge in [-0.15, -0.1) is 0 Å². The molecule has 0 saturated carbocycles. The van der Waals surface area contributed by atoms with E-state index in [4.69, 9.17) is 4.74 Å². The number of ether oxygens (including phenoxy) is 1. The second-order valence-corrected chi connectivity index (χ2v) is 10.1. The zero-order chi connectivity index (χ0) is 24.2. The van der Waals surface area contributed by atoms with Crippen LogP contribution in [-0.2, 0) is 4.74 Å². The van der Waals surface area contributed by atoms with Crippen LogP contribution in [0.15, 0.2) is 54.1 Å². The van der Waals surface area contributed by atoms with E-state index >= 15 is 0 Å². The van der Waals surface area contributed by atoms with Crippen molar-refractivity contribution in [3.8, 4) is 0 Å². The van der Waals surface area contributed by atoms with Gasteiger partial charge >= 0.3 is 0 Å². The molecule has 34 heavy (non-hydrogen) atoms. The molecule has 1 fully saturated rings. The van der Waals surface area contributed by atoms with E-state index in [0.717, 1.165) is 52.0 Å². The summed E-state index contributed by atoms with van der Waals surface area (Å²) in [4.78, 5) is 2.69. The molecule has 0 amide bonds. The maximum atomic E-state index is 6.24. The van der Waals surface area contributed by atoms with Gasteiger partial charge in [-0.2, -0.15) is 0 Å². The predicted molar refractivity (Wildman–Crippen MR) is 146 cm³/mol. The number of allylic oxidation sites excluding steroid dienone is 2. The molecule has 2 N–H and O–H groups in total. The number of hydrogen-bond donors (Lipinski definition) is 2. The van der Waals surface area contributed by atoms with E-state index in [0.29, 0.717) is 12.0 Å². The zero-order valence-corrected chi connectivity index (χ0v) is 22.2. The van der Waals surface area contributed by atoms with E-state index in [1.807, 2.05) is 7.11 Å². The van der Waals surface area contributed by atoms with Crippen LogP contribution in [0.4, 0.5) is 0 Å². The Balaban J connectivity index is 1.72. The summed E-state index contributed by atoms with van der Waals surface area (Å²) in [5.41, 5.74) is 3.09. The molecular formula is C30H49N3O. The fourth-order valence-electron chi connectivity index (χ4n) is 5.94. The van der Waals surface area contributed by atoms with Gasteiger partial charge in [-0.05, 0) is 44.2 Å². The van der Waals surface area contributed by atoms with Crippen LogP contribution in [0.3, 0.4) is 0 Å². The van der Waals surface area contributed by atoms with Crippen LogP contribution in [0.1, 0.15) is 77.2 Å². The van der Waals surface area contributed by atoms with Gasteiger partial charge < -0.3 is 15.4 Å². The highest BCUT2D eigenvalue weighted by atomic mass is 16.5. The number of benzene rings is 1. The van der Waals surface area contributed by atoms with Gasteiger partial charge in [-0.1, -0.05) is 87.7 Å². The average molecular weight is 468 g/mol. The lowest BCUT2D eigenvalue weighted by Crippen LogP contribution is -2.55. The first kappa shape index (κ1) is 27.1. The number of piperazine rings is 1. The van der Waals surface area contributed by atoms with Crippen molar-refractivity contribution in [3.63, 3.8) is 0 Å². The number of rotatable bonds is 14. The van der Waals surface area contributed by atoms with Crippen molar-refractivity contribution < 1.29 is 4.74 Å². The number of likely N-dealkylation sites (N-methyl/N-ethyl adjacent to an activating group) is 1. The molecule has 4 unspecified atom stereocenters. The van der Waals surface area contributed by atoms with Gasteiger partial charge in [0.15, 0.2) is 0 Å². The summed E-state index contributed by atoms with van der Waals surface area (Å²) >= 11 is 0. The summed E-state index contributed by atoms with van der Waals surface area (Å²) in [6.07, 6.45) is 15.8. The van der Waals surface area contributed by atoms with E-state index < -0.39 is 0 Å². The van der Waals surface area contributed by atoms with E-state index in [-0.39, 0.29) is 11.6 Å². The van der Waals surface area contributed by atoms with E-state index in [1.165, 1.54) is 36.8 Å². The van der Waals surface area contributed by atoms with Gasteiger partial charge in [0.05, 0.1) is 6.10 Å². The molecule has 0 radical (unpaired) electrons. The van der Waals surface area contributed by atoms with Crippen molar-refractivity contribution in [1.82, 2.24) is 15.5 Å². The maximum Gasteiger partial charge on any atom is 0.0792 e. The summed E-state index contributed by atoms with van der Waals surface area (Å²) in [6, 6.07) is 11.4. The molecule has 0 aromatic heterocycles. The second kappa shape index (κ2) is 14.2. The molecule has 1 aliphatic heterocycles. The lowest BCUT2D eigenvalue weighted by molar-refractivity contribution is 0.0409. The summed E-state index contributed by atoms with van der Waals surface area (Å²) in [5, 5.41) is 7.25. The first-order chi connectivity index (χ1) is 16.7. The summed E-state index contributed by atoms with van der Waals surface area (Å²) in [6.45, 7) is 12.3. The quantitative estimate of drug-likeness (QED) is 0.369. The van der Waals surface area contributed by atoms with Gasteiger partial charge in [-0.3, -0.25) is 4.90 Å². The van der Waals surface area contributed by atoms with Crippen LogP contribution < -0.4 is 10.6 Å². The Morgan fingerprint density at radius 3 is 2.44 bits per heavy atom. The van der Waals surface area contributed by atoms with Gasteiger partial charge in [0, 0.05) is 50.8 Å². The molecule has 4 atom stereocenters. The van der Waals surface area contributed by atoms with Crippen molar-refractivity contribution in [1.29, 1.82) is 0 Å². The lowest BCUT2D eigenvalue weighted by Gasteiger charge is -2.45. The van der Waals surface area contributed by atoms with E-state index in [1.54, 1.807) is 0 Å². The molecule has 1 heterocycles. The monoisotopic (exact) mass is 467 g/mol. The lowest BCUT2D eigenvalue weighted by atomic mass is 9.80. The SMILES string of the molecule is CCCCC(NCC)C(OC)C(CCC1=CCC(CC)(N2CCNCC2)C=C1)c1ccccc1. The van der Waals surface area contributed by atoms with Gasteiger partial charge in [0.2, 0.25) is 0 Å². The molecule has 4 heteroatoms. The Bertz CT molecular complexity index is 756. The Morgan fingerprint density at radius 2 is 1.85 bits per heavy atom. The minimum Gasteiger partial charge on any atom is -0.379 e. The van der Waals surface area contributed by atoms with Crippen molar-refractivity contribution in [2.75, 3.05) is 39.8 Å². The standard InChI is InChI=1S/C30H49N3O/c1-5-8-14-28(32-7-3)29(34-4)27(26-12-10-9-11-13-26)16-15-25-17-19-30(6-2,20-18-25)33-23-21-31-22-24-33/h9-13,17-19,27-29,31-32H,5-8,14-16,20-24H2,1-4H3. The first-order valence-corrected chi connectivity index (χ1v) is 13.8. The number of nitrogens with one attached hydrogen (secondary N) is 2. The van der Waals surface area contributed by atoms with E-state index in [2.05, 4.69) is 84.9 Å². The first-order valence-electron chi connectivity index (χ1n) is 13.8. The Morgan fingerprint density at radius 1 is 1.09 bits per heavy atom. The largest absolute Gasteiger partial charge is 0.379 e. The second-order valence-electron chi connectivity index (χ2n) is 10.1. The highest BCUT2D eigenvalue weighted by Gasteiger charge is 2.34. The van der Waals surface area contributed by atoms with Gasteiger partial charge in [0.1, 0.15) is 0 Å². The minimum absolute atomic E-state index is 0.178. The maximum absolute atomic E-state index is 6.24. The van der Waals surface area contributed by atoms with Crippen molar-refractivity contribution in [3.05, 3.63) is 59.7 Å². The van der Waals surface area contributed by atoms with Crippen LogP contribution in [0.5, 0.6) is 0 Å². The third-order valence-corrected chi connectivity index (χ3v) is 8.06. The van der Waals surface area contributed by atoms with Crippen LogP contribution in [0.2, 0.25) is 0 Å². The molecular weight excluding hydrogens is 418 g/mol. The highest BCUT2D eigenvalue weighted by Crippen LogP contribution is 2.35. The van der Waals surface area contributed by atoms with Crippen LogP contribution in [0, 0.1) is 0 Å². The third-order valence-electron chi connectivity index (χ3n) is 8.06. The normalized spacial score (nSPS) is 23.9. The topological polar surface area (TPSA) is 36.5 Å². The molecule has 1 saturated heterocycles. The van der Waals surface area contributed by atoms with Crippen molar-refractivity contribution >= 4 is 0 Å². The molecule has 1 aliphatic carbocycles. The van der Waals surface area contributed by atoms with Crippen molar-refractivity contribution in [2.24, 2.45) is 0 Å². The molecule has 1 aromatic rings. The smallest absolute Gasteiger partial charge is 0.0792 e. The average Bonchev–Trinajstić information content (AvgIpc) is 2.90. The van der Waals surface area contributed by atoms with Crippen LogP contribution in [-0.4, -0.2) is 62.4 Å². The van der Waals surface area contributed by atoms with Gasteiger partial charge in [0.25, 0.3) is 0 Å². The number of unbranched alkanes of at least 4 members (excludes halogenated alkanes) is 1. The molecule has 3 rings (SSSR count). The Hall–Kier alpha value is -1.46. The number of methoxy groups -OCH3 is 1. The highest BCUT2D eigenvalue weighted by molar-refractivity contribution is 5.31. The van der Waals surface area contributed by atoms with Crippen LogP contribution in [0.25, 0.3) is 0 Å². The summed E-state index contributed by atoms with van der Waals surface area (Å²) in [5.74, 6) is 0.382. The Labute approximate surface area is 209 Å². The van der Waals surface area contributed by atoms with Gasteiger partial charge in [-0.25, -0.2) is 0 Å². The third kappa shape index (κ3) is 7.04. The summed E-state index contributed by atoms with van der Waals surface area (Å²) < 4.78 is 6.24. The Kier molecular flexibility index (Phi) is 11.3. The zero-order valence-electron chi connectivity index (χ0n) is 22.2. The van der Waals surface area contributed by atoms with E-state index in [9.17, 15) is 0 Å². The summed E-state index contributed by atoms with van der Waals surface area (Å²) in [7, 11) is 1.90. The molecule has 0 spiro atoms. The number of nitrogens with zero attached hydrogens (tertiary/aromatic N) is 1. The molecule has 190 valence electrons. The fraction of sp³-hybridized carbons (Fsp3) is 0.667.